The quantitative estimate of drug-likeness (QED) is 0.538. The van der Waals surface area contributed by atoms with E-state index in [-0.39, 0.29) is 24.1 Å². The van der Waals surface area contributed by atoms with Gasteiger partial charge in [0.1, 0.15) is 0 Å². The number of rotatable bonds is 6. The molecule has 2 aliphatic rings. The predicted molar refractivity (Wildman–Crippen MR) is 149 cm³/mol. The van der Waals surface area contributed by atoms with Crippen LogP contribution < -0.4 is 10.2 Å². The predicted octanol–water partition coefficient (Wildman–Crippen LogP) is 4.25. The molecule has 7 heteroatoms. The molecule has 7 nitrogen and oxygen atoms in total. The fraction of sp³-hybridized carbons (Fsp3) is 0.323. The van der Waals surface area contributed by atoms with Crippen LogP contribution in [0.5, 0.6) is 0 Å². The Balaban J connectivity index is 1.16. The lowest BCUT2D eigenvalue weighted by atomic mass is 10.1. The summed E-state index contributed by atoms with van der Waals surface area (Å²) >= 11 is 0. The molecule has 2 heterocycles. The highest BCUT2D eigenvalue weighted by molar-refractivity contribution is 5.99. The Hall–Kier alpha value is -4.13. The van der Waals surface area contributed by atoms with Gasteiger partial charge in [0.2, 0.25) is 11.8 Å². The lowest BCUT2D eigenvalue weighted by molar-refractivity contribution is -0.128. The van der Waals surface area contributed by atoms with Gasteiger partial charge >= 0.3 is 0 Å². The Morgan fingerprint density at radius 2 is 1.63 bits per heavy atom. The lowest BCUT2D eigenvalue weighted by Crippen LogP contribution is -2.49. The third kappa shape index (κ3) is 5.72. The number of amides is 3. The molecule has 0 spiro atoms. The first kappa shape index (κ1) is 25.5. The molecule has 3 aromatic rings. The normalized spacial score (nSPS) is 17.6. The van der Waals surface area contributed by atoms with Crippen molar-refractivity contribution in [1.82, 2.24) is 9.80 Å². The Morgan fingerprint density at radius 3 is 2.37 bits per heavy atom. The fourth-order valence-electron chi connectivity index (χ4n) is 5.24. The maximum absolute atomic E-state index is 13.2. The summed E-state index contributed by atoms with van der Waals surface area (Å²) in [5.74, 6) is -0.659. The third-order valence-corrected chi connectivity index (χ3v) is 7.48. The summed E-state index contributed by atoms with van der Waals surface area (Å²) in [5.41, 5.74) is 5.80. The molecule has 38 heavy (non-hydrogen) atoms. The molecule has 0 aromatic heterocycles. The number of likely N-dealkylation sites (tertiary alicyclic amines) is 1. The van der Waals surface area contributed by atoms with Crippen molar-refractivity contribution in [2.45, 2.75) is 26.8 Å². The van der Waals surface area contributed by atoms with Gasteiger partial charge in [-0.15, -0.1) is 0 Å². The minimum atomic E-state index is -0.415. The van der Waals surface area contributed by atoms with Crippen molar-refractivity contribution in [2.24, 2.45) is 5.92 Å². The largest absolute Gasteiger partial charge is 0.368 e. The van der Waals surface area contributed by atoms with Crippen molar-refractivity contribution >= 4 is 29.1 Å². The minimum Gasteiger partial charge on any atom is -0.368 e. The third-order valence-electron chi connectivity index (χ3n) is 7.48. The molecular weight excluding hydrogens is 476 g/mol. The number of aryl methyl sites for hydroxylation is 2. The van der Waals surface area contributed by atoms with Gasteiger partial charge in [-0.2, -0.15) is 0 Å². The van der Waals surface area contributed by atoms with Crippen LogP contribution in [0.25, 0.3) is 0 Å². The topological polar surface area (TPSA) is 73.0 Å². The van der Waals surface area contributed by atoms with Crippen molar-refractivity contribution in [3.63, 3.8) is 0 Å². The van der Waals surface area contributed by atoms with Gasteiger partial charge in [-0.25, -0.2) is 0 Å². The van der Waals surface area contributed by atoms with E-state index in [2.05, 4.69) is 29.3 Å². The number of hydrogen-bond acceptors (Lipinski definition) is 4. The molecule has 1 unspecified atom stereocenters. The Morgan fingerprint density at radius 1 is 0.895 bits per heavy atom. The summed E-state index contributed by atoms with van der Waals surface area (Å²) in [6.07, 6.45) is 0.196. The highest BCUT2D eigenvalue weighted by atomic mass is 16.2. The highest BCUT2D eigenvalue weighted by Gasteiger charge is 2.34. The molecule has 0 radical (unpaired) electrons. The van der Waals surface area contributed by atoms with Crippen molar-refractivity contribution in [1.29, 1.82) is 0 Å². The number of carbonyl (C=O) groups excluding carboxylic acids is 3. The van der Waals surface area contributed by atoms with E-state index in [4.69, 9.17) is 0 Å². The molecule has 2 aliphatic heterocycles. The summed E-state index contributed by atoms with van der Waals surface area (Å²) < 4.78 is 0. The Labute approximate surface area is 224 Å². The van der Waals surface area contributed by atoms with Gasteiger partial charge in [0.25, 0.3) is 5.91 Å². The van der Waals surface area contributed by atoms with E-state index < -0.39 is 5.92 Å². The second-order valence-electron chi connectivity index (χ2n) is 10.3. The molecule has 2 saturated heterocycles. The second-order valence-corrected chi connectivity index (χ2v) is 10.3. The van der Waals surface area contributed by atoms with E-state index in [0.717, 1.165) is 18.7 Å². The van der Waals surface area contributed by atoms with Crippen LogP contribution in [0.3, 0.4) is 0 Å². The Bertz CT molecular complexity index is 1330. The molecule has 0 bridgehead atoms. The average Bonchev–Trinajstić information content (AvgIpc) is 3.30. The Kier molecular flexibility index (Phi) is 7.45. The van der Waals surface area contributed by atoms with Gasteiger partial charge in [0, 0.05) is 62.6 Å². The molecule has 0 saturated carbocycles. The van der Waals surface area contributed by atoms with Gasteiger partial charge in [-0.05, 0) is 49.2 Å². The summed E-state index contributed by atoms with van der Waals surface area (Å²) in [4.78, 5) is 44.7. The van der Waals surface area contributed by atoms with Crippen molar-refractivity contribution in [2.75, 3.05) is 42.9 Å². The molecule has 5 rings (SSSR count). The molecule has 3 aromatic carbocycles. The summed E-state index contributed by atoms with van der Waals surface area (Å²) in [6.45, 7) is 7.88. The number of piperazine rings is 1. The second kappa shape index (κ2) is 11.1. The SMILES string of the molecule is Cc1ccc(CN2CC(C(=O)Nc3cccc(C(=O)N4CCN(c5ccccc5C)CC4)c3)CC2=O)cc1. The summed E-state index contributed by atoms with van der Waals surface area (Å²) in [6, 6.07) is 23.5. The number of carbonyl (C=O) groups is 3. The summed E-state index contributed by atoms with van der Waals surface area (Å²) in [5, 5.41) is 2.93. The van der Waals surface area contributed by atoms with Gasteiger partial charge in [-0.3, -0.25) is 14.4 Å². The number of benzene rings is 3. The van der Waals surface area contributed by atoms with Crippen LogP contribution in [-0.2, 0) is 16.1 Å². The monoisotopic (exact) mass is 510 g/mol. The van der Waals surface area contributed by atoms with Crippen molar-refractivity contribution in [3.05, 3.63) is 95.1 Å². The zero-order chi connectivity index (χ0) is 26.6. The first-order valence-electron chi connectivity index (χ1n) is 13.2. The zero-order valence-corrected chi connectivity index (χ0v) is 22.0. The van der Waals surface area contributed by atoms with E-state index in [1.165, 1.54) is 16.8 Å². The minimum absolute atomic E-state index is 0.0144. The summed E-state index contributed by atoms with van der Waals surface area (Å²) in [7, 11) is 0. The molecule has 2 fully saturated rings. The standard InChI is InChI=1S/C31H34N4O3/c1-22-10-12-24(13-11-22)20-35-21-26(19-29(35)36)30(37)32-27-8-5-7-25(18-27)31(38)34-16-14-33(15-17-34)28-9-4-3-6-23(28)2/h3-13,18,26H,14-17,19-21H2,1-2H3,(H,32,37). The molecule has 1 atom stereocenters. The average molecular weight is 511 g/mol. The smallest absolute Gasteiger partial charge is 0.254 e. The highest BCUT2D eigenvalue weighted by Crippen LogP contribution is 2.24. The van der Waals surface area contributed by atoms with Crippen LogP contribution in [0.2, 0.25) is 0 Å². The van der Waals surface area contributed by atoms with Crippen LogP contribution in [0.4, 0.5) is 11.4 Å². The molecule has 0 aliphatic carbocycles. The maximum Gasteiger partial charge on any atom is 0.254 e. The number of anilines is 2. The van der Waals surface area contributed by atoms with Crippen molar-refractivity contribution < 1.29 is 14.4 Å². The molecule has 3 amide bonds. The lowest BCUT2D eigenvalue weighted by Gasteiger charge is -2.36. The van der Waals surface area contributed by atoms with E-state index in [0.29, 0.717) is 37.4 Å². The maximum atomic E-state index is 13.2. The fourth-order valence-corrected chi connectivity index (χ4v) is 5.24. The first-order chi connectivity index (χ1) is 18.4. The van der Waals surface area contributed by atoms with Gasteiger partial charge in [0.05, 0.1) is 5.92 Å². The van der Waals surface area contributed by atoms with Crippen LogP contribution in [0.15, 0.2) is 72.8 Å². The first-order valence-corrected chi connectivity index (χ1v) is 13.2. The number of nitrogens with one attached hydrogen (secondary N) is 1. The molecule has 196 valence electrons. The zero-order valence-electron chi connectivity index (χ0n) is 22.0. The molecule has 1 N–H and O–H groups in total. The van der Waals surface area contributed by atoms with Crippen molar-refractivity contribution in [3.8, 4) is 0 Å². The number of para-hydroxylation sites is 1. The molecular formula is C31H34N4O3. The van der Waals surface area contributed by atoms with Crippen LogP contribution in [-0.4, -0.2) is 60.2 Å². The van der Waals surface area contributed by atoms with Gasteiger partial charge in [-0.1, -0.05) is 54.1 Å². The van der Waals surface area contributed by atoms with E-state index in [9.17, 15) is 14.4 Å². The number of hydrogen-bond donors (Lipinski definition) is 1. The van der Waals surface area contributed by atoms with E-state index in [1.807, 2.05) is 48.2 Å². The van der Waals surface area contributed by atoms with E-state index in [1.54, 1.807) is 29.2 Å². The van der Waals surface area contributed by atoms with Gasteiger partial charge < -0.3 is 20.0 Å². The van der Waals surface area contributed by atoms with E-state index >= 15 is 0 Å². The van der Waals surface area contributed by atoms with Gasteiger partial charge in [0.15, 0.2) is 0 Å². The van der Waals surface area contributed by atoms with Crippen LogP contribution in [0, 0.1) is 19.8 Å². The van der Waals surface area contributed by atoms with Crippen LogP contribution in [0.1, 0.15) is 33.5 Å². The number of nitrogens with zero attached hydrogens (tertiary/aromatic N) is 3. The van der Waals surface area contributed by atoms with Crippen LogP contribution >= 0.6 is 0 Å².